The number of benzene rings is 2. The van der Waals surface area contributed by atoms with Crippen LogP contribution < -0.4 is 11.1 Å². The van der Waals surface area contributed by atoms with E-state index < -0.39 is 11.6 Å². The van der Waals surface area contributed by atoms with E-state index in [9.17, 15) is 10.1 Å². The summed E-state index contributed by atoms with van der Waals surface area (Å²) in [5.41, 5.74) is 7.69. The first-order valence-corrected chi connectivity index (χ1v) is 11.3. The number of nitrogens with two attached hydrogens (primary N) is 1. The van der Waals surface area contributed by atoms with E-state index in [0.29, 0.717) is 12.3 Å². The third-order valence-corrected chi connectivity index (χ3v) is 5.20. The molecule has 0 aliphatic carbocycles. The van der Waals surface area contributed by atoms with Gasteiger partial charge in [-0.2, -0.15) is 10.4 Å². The molecule has 0 fully saturated rings. The molecular weight excluding hydrogens is 426 g/mol. The number of amides is 1. The average Bonchev–Trinajstić information content (AvgIpc) is 2.81. The van der Waals surface area contributed by atoms with Crippen LogP contribution in [0.25, 0.3) is 6.08 Å². The first kappa shape index (κ1) is 26.8. The van der Waals surface area contributed by atoms with Crippen LogP contribution in [0.5, 0.6) is 0 Å². The minimum atomic E-state index is -1.04. The molecule has 3 N–H and O–H groups in total. The lowest BCUT2D eigenvalue weighted by molar-refractivity contribution is -0.125. The summed E-state index contributed by atoms with van der Waals surface area (Å²) in [6, 6.07) is 21.2. The number of hydrogen-bond acceptors (Lipinski definition) is 6. The molecule has 0 bridgehead atoms. The van der Waals surface area contributed by atoms with Crippen LogP contribution in [-0.4, -0.2) is 47.9 Å². The van der Waals surface area contributed by atoms with E-state index in [2.05, 4.69) is 16.5 Å². The maximum Gasteiger partial charge on any atom is 0.240 e. The summed E-state index contributed by atoms with van der Waals surface area (Å²) in [7, 11) is 1.82. The van der Waals surface area contributed by atoms with Crippen molar-refractivity contribution in [3.05, 3.63) is 77.9 Å². The Balaban J connectivity index is 2.15. The van der Waals surface area contributed by atoms with E-state index in [1.54, 1.807) is 18.9 Å². The molecule has 2 atom stereocenters. The lowest BCUT2D eigenvalue weighted by Crippen LogP contribution is -2.55. The molecule has 2 aromatic carbocycles. The van der Waals surface area contributed by atoms with Crippen LogP contribution in [0.15, 0.2) is 71.8 Å². The maximum absolute atomic E-state index is 12.6. The zero-order valence-electron chi connectivity index (χ0n) is 20.4. The number of hydrogen-bond donors (Lipinski definition) is 2. The minimum Gasteiger partial charge on any atom is -0.374 e. The lowest BCUT2D eigenvalue weighted by Gasteiger charge is -2.27. The third-order valence-electron chi connectivity index (χ3n) is 5.20. The van der Waals surface area contributed by atoms with Crippen molar-refractivity contribution in [3.8, 4) is 6.07 Å². The molecule has 1 unspecified atom stereocenters. The number of carbonyl (C=O) groups excluding carboxylic acids is 1. The van der Waals surface area contributed by atoms with E-state index >= 15 is 0 Å². The van der Waals surface area contributed by atoms with Gasteiger partial charge >= 0.3 is 0 Å². The number of carbonyl (C=O) groups is 1. The van der Waals surface area contributed by atoms with Crippen molar-refractivity contribution in [2.45, 2.75) is 51.4 Å². The topological polar surface area (TPSA) is 104 Å². The van der Waals surface area contributed by atoms with Gasteiger partial charge in [0.1, 0.15) is 0 Å². The Kier molecular flexibility index (Phi) is 10.5. The Morgan fingerprint density at radius 1 is 1.21 bits per heavy atom. The van der Waals surface area contributed by atoms with Crippen LogP contribution in [-0.2, 0) is 16.1 Å². The largest absolute Gasteiger partial charge is 0.374 e. The Hall–Kier alpha value is -3.47. The second-order valence-electron chi connectivity index (χ2n) is 8.76. The summed E-state index contributed by atoms with van der Waals surface area (Å²) in [6.45, 7) is 5.79. The van der Waals surface area contributed by atoms with E-state index in [1.807, 2.05) is 86.8 Å². The SMILES string of the molecule is C/C(=N\N(C)C(/C=C/c1ccccc1)CC#N)[C@@H](COCc1ccccc1)NC(=O)C(C)(C)N. The highest BCUT2D eigenvalue weighted by atomic mass is 16.5. The summed E-state index contributed by atoms with van der Waals surface area (Å²) < 4.78 is 5.89. The van der Waals surface area contributed by atoms with Gasteiger partial charge in [0.2, 0.25) is 5.91 Å². The van der Waals surface area contributed by atoms with Gasteiger partial charge in [0.05, 0.1) is 49.0 Å². The van der Waals surface area contributed by atoms with E-state index in [-0.39, 0.29) is 25.0 Å². The molecule has 0 radical (unpaired) electrons. The van der Waals surface area contributed by atoms with Gasteiger partial charge in [0.15, 0.2) is 0 Å². The van der Waals surface area contributed by atoms with Crippen molar-refractivity contribution in [1.29, 1.82) is 5.26 Å². The average molecular weight is 462 g/mol. The molecule has 0 aromatic heterocycles. The number of rotatable bonds is 12. The Labute approximate surface area is 202 Å². The van der Waals surface area contributed by atoms with Gasteiger partial charge in [-0.25, -0.2) is 0 Å². The number of nitrogens with zero attached hydrogens (tertiary/aromatic N) is 3. The summed E-state index contributed by atoms with van der Waals surface area (Å²) in [4.78, 5) is 12.6. The van der Waals surface area contributed by atoms with Crippen molar-refractivity contribution in [2.75, 3.05) is 13.7 Å². The zero-order chi connectivity index (χ0) is 25.0. The first-order valence-electron chi connectivity index (χ1n) is 11.3. The minimum absolute atomic E-state index is 0.229. The summed E-state index contributed by atoms with van der Waals surface area (Å²) in [5, 5.41) is 18.7. The number of likely N-dealkylation sites (N-methyl/N-ethyl adjacent to an activating group) is 1. The smallest absolute Gasteiger partial charge is 0.240 e. The highest BCUT2D eigenvalue weighted by Gasteiger charge is 2.26. The normalized spacial score (nSPS) is 13.8. The van der Waals surface area contributed by atoms with E-state index in [0.717, 1.165) is 11.1 Å². The third kappa shape index (κ3) is 9.18. The van der Waals surface area contributed by atoms with Gasteiger partial charge in [-0.05, 0) is 31.9 Å². The molecule has 2 aromatic rings. The summed E-state index contributed by atoms with van der Waals surface area (Å²) in [5.74, 6) is -0.296. The molecule has 34 heavy (non-hydrogen) atoms. The second kappa shape index (κ2) is 13.3. The summed E-state index contributed by atoms with van der Waals surface area (Å²) in [6.07, 6.45) is 4.20. The van der Waals surface area contributed by atoms with Gasteiger partial charge in [-0.3, -0.25) is 9.80 Å². The number of ether oxygens (including phenoxy) is 1. The Morgan fingerprint density at radius 2 is 1.82 bits per heavy atom. The molecule has 0 heterocycles. The number of nitriles is 1. The van der Waals surface area contributed by atoms with Gasteiger partial charge < -0.3 is 15.8 Å². The molecule has 0 saturated carbocycles. The van der Waals surface area contributed by atoms with E-state index in [4.69, 9.17) is 10.5 Å². The molecule has 7 heteroatoms. The van der Waals surface area contributed by atoms with Crippen molar-refractivity contribution in [1.82, 2.24) is 10.3 Å². The van der Waals surface area contributed by atoms with Gasteiger partial charge in [-0.15, -0.1) is 0 Å². The maximum atomic E-state index is 12.6. The standard InChI is InChI=1S/C27H35N5O2/c1-21(31-32(4)24(17-18-28)16-15-22-11-7-5-8-12-22)25(30-26(33)27(2,3)29)20-34-19-23-13-9-6-10-14-23/h5-16,24-25H,17,19-20,29H2,1-4H3,(H,30,33)/b16-15+,31-21+/t24?,25-/m1/s1. The molecule has 180 valence electrons. The molecule has 1 amide bonds. The second-order valence-corrected chi connectivity index (χ2v) is 8.76. The van der Waals surface area contributed by atoms with Gasteiger partial charge in [0.25, 0.3) is 0 Å². The van der Waals surface area contributed by atoms with Gasteiger partial charge in [-0.1, -0.05) is 72.8 Å². The predicted molar refractivity (Wildman–Crippen MR) is 137 cm³/mol. The van der Waals surface area contributed by atoms with Crippen LogP contribution in [0.1, 0.15) is 38.3 Å². The fourth-order valence-corrected chi connectivity index (χ4v) is 3.08. The summed E-state index contributed by atoms with van der Waals surface area (Å²) >= 11 is 0. The number of hydrazone groups is 1. The highest BCUT2D eigenvalue weighted by Crippen LogP contribution is 2.10. The molecule has 0 aliphatic rings. The van der Waals surface area contributed by atoms with Gasteiger partial charge in [0, 0.05) is 7.05 Å². The van der Waals surface area contributed by atoms with Crippen LogP contribution in [0, 0.1) is 11.3 Å². The predicted octanol–water partition coefficient (Wildman–Crippen LogP) is 3.73. The van der Waals surface area contributed by atoms with Crippen LogP contribution in [0.4, 0.5) is 0 Å². The quantitative estimate of drug-likeness (QED) is 0.370. The van der Waals surface area contributed by atoms with E-state index in [1.165, 1.54) is 0 Å². The Morgan fingerprint density at radius 3 is 2.41 bits per heavy atom. The van der Waals surface area contributed by atoms with Crippen molar-refractivity contribution in [2.24, 2.45) is 10.8 Å². The van der Waals surface area contributed by atoms with Crippen LogP contribution in [0.2, 0.25) is 0 Å². The molecule has 2 rings (SSSR count). The number of nitrogens with one attached hydrogen (secondary N) is 1. The lowest BCUT2D eigenvalue weighted by atomic mass is 10.1. The Bertz CT molecular complexity index is 991. The zero-order valence-corrected chi connectivity index (χ0v) is 20.4. The fourth-order valence-electron chi connectivity index (χ4n) is 3.08. The van der Waals surface area contributed by atoms with Crippen LogP contribution in [0.3, 0.4) is 0 Å². The van der Waals surface area contributed by atoms with Crippen LogP contribution >= 0.6 is 0 Å². The monoisotopic (exact) mass is 461 g/mol. The molecule has 0 spiro atoms. The highest BCUT2D eigenvalue weighted by molar-refractivity contribution is 5.94. The molecular formula is C27H35N5O2. The van der Waals surface area contributed by atoms with Crippen molar-refractivity contribution >= 4 is 17.7 Å². The van der Waals surface area contributed by atoms with Crippen molar-refractivity contribution < 1.29 is 9.53 Å². The van der Waals surface area contributed by atoms with Crippen molar-refractivity contribution in [3.63, 3.8) is 0 Å². The molecule has 0 aliphatic heterocycles. The molecule has 0 saturated heterocycles. The molecule has 7 nitrogen and oxygen atoms in total. The first-order chi connectivity index (χ1) is 16.2. The fraction of sp³-hybridized carbons (Fsp3) is 0.370.